The van der Waals surface area contributed by atoms with Gasteiger partial charge in [-0.2, -0.15) is 26.3 Å². The minimum Gasteiger partial charge on any atom is -0.496 e. The van der Waals surface area contributed by atoms with Gasteiger partial charge in [0.2, 0.25) is 0 Å². The molecule has 0 radical (unpaired) electrons. The third-order valence-electron chi connectivity index (χ3n) is 2.73. The summed E-state index contributed by atoms with van der Waals surface area (Å²) in [4.78, 5) is 0. The fourth-order valence-corrected chi connectivity index (χ4v) is 2.86. The number of benzene rings is 2. The molecule has 0 aliphatic heterocycles. The maximum Gasteiger partial charge on any atom is 0.421 e. The van der Waals surface area contributed by atoms with Gasteiger partial charge < -0.3 is 4.74 Å². The van der Waals surface area contributed by atoms with Crippen LogP contribution in [0.5, 0.6) is 5.75 Å². The molecule has 10 heteroatoms. The first-order chi connectivity index (χ1) is 11.4. The molecule has 0 aliphatic carbocycles. The first-order valence-corrected chi connectivity index (χ1v) is 7.89. The number of hydrogen-bond donors (Lipinski definition) is 0. The lowest BCUT2D eigenvalue weighted by Gasteiger charge is -2.12. The first-order valence-electron chi connectivity index (χ1n) is 6.30. The highest BCUT2D eigenvalue weighted by molar-refractivity contribution is 9.10. The van der Waals surface area contributed by atoms with E-state index >= 15 is 0 Å². The lowest BCUT2D eigenvalue weighted by atomic mass is 10.2. The molecule has 138 valence electrons. The maximum atomic E-state index is 12.6. The molecule has 2 aromatic carbocycles. The smallest absolute Gasteiger partial charge is 0.421 e. The highest BCUT2D eigenvalue weighted by Gasteiger charge is 2.37. The highest BCUT2D eigenvalue weighted by atomic mass is 79.9. The number of methoxy groups -OCH3 is 1. The van der Waals surface area contributed by atoms with Gasteiger partial charge in [-0.25, -0.2) is 4.39 Å². The molecule has 0 heterocycles. The first kappa shape index (κ1) is 21.8. The summed E-state index contributed by atoms with van der Waals surface area (Å²) in [6.45, 7) is 0. The zero-order valence-corrected chi connectivity index (χ0v) is 15.4. The Morgan fingerprint density at radius 2 is 1.20 bits per heavy atom. The van der Waals surface area contributed by atoms with Crippen LogP contribution in [-0.2, 0) is 12.4 Å². The summed E-state index contributed by atoms with van der Waals surface area (Å²) in [5, 5.41) is 0. The van der Waals surface area contributed by atoms with E-state index < -0.39 is 29.3 Å². The summed E-state index contributed by atoms with van der Waals surface area (Å²) in [6.07, 6.45) is -9.05. The molecular weight excluding hydrogens is 489 g/mol. The van der Waals surface area contributed by atoms with Crippen molar-refractivity contribution >= 4 is 31.9 Å². The minimum absolute atomic E-state index is 0.0145. The van der Waals surface area contributed by atoms with E-state index in [2.05, 4.69) is 36.6 Å². The molecule has 0 saturated carbocycles. The van der Waals surface area contributed by atoms with E-state index in [1.54, 1.807) is 0 Å². The summed E-state index contributed by atoms with van der Waals surface area (Å²) in [5.74, 6) is -1.45. The van der Waals surface area contributed by atoms with Crippen LogP contribution < -0.4 is 4.74 Å². The van der Waals surface area contributed by atoms with E-state index in [1.165, 1.54) is 31.4 Å². The van der Waals surface area contributed by atoms with E-state index in [0.29, 0.717) is 0 Å². The molecule has 0 spiro atoms. The van der Waals surface area contributed by atoms with Crippen molar-refractivity contribution in [2.75, 3.05) is 7.11 Å². The molecule has 0 fully saturated rings. The summed E-state index contributed by atoms with van der Waals surface area (Å²) < 4.78 is 90.2. The average Bonchev–Trinajstić information content (AvgIpc) is 2.44. The van der Waals surface area contributed by atoms with Crippen LogP contribution in [0, 0.1) is 5.82 Å². The standard InChI is InChI=1S/C8H6BrF3O.C7H3BrF4/c1-13-6-4-2-3-5(9)7(6)8(10,11)12;8-4-2-1-3-5(9)6(4)7(10,11)12/h2-4H,1H3;1-3H. The number of ether oxygens (including phenoxy) is 1. The highest BCUT2D eigenvalue weighted by Crippen LogP contribution is 2.40. The van der Waals surface area contributed by atoms with Crippen LogP contribution in [-0.4, -0.2) is 7.11 Å². The topological polar surface area (TPSA) is 9.23 Å². The Bertz CT molecular complexity index is 707. The van der Waals surface area contributed by atoms with Crippen molar-refractivity contribution < 1.29 is 35.5 Å². The van der Waals surface area contributed by atoms with E-state index in [0.717, 1.165) is 12.1 Å². The van der Waals surface area contributed by atoms with Gasteiger partial charge in [-0.15, -0.1) is 0 Å². The van der Waals surface area contributed by atoms with E-state index in [4.69, 9.17) is 0 Å². The molecular formula is C15H9Br2F7O. The van der Waals surface area contributed by atoms with E-state index in [-0.39, 0.29) is 14.7 Å². The van der Waals surface area contributed by atoms with Gasteiger partial charge in [0.25, 0.3) is 0 Å². The molecule has 0 aromatic heterocycles. The van der Waals surface area contributed by atoms with Crippen molar-refractivity contribution in [3.8, 4) is 5.75 Å². The Kier molecular flexibility index (Phi) is 7.30. The zero-order chi connectivity index (χ0) is 19.4. The second kappa shape index (κ2) is 8.39. The SMILES string of the molecule is COc1cccc(Br)c1C(F)(F)F.Fc1cccc(Br)c1C(F)(F)F. The van der Waals surface area contributed by atoms with Crippen molar-refractivity contribution in [2.45, 2.75) is 12.4 Å². The van der Waals surface area contributed by atoms with Crippen molar-refractivity contribution in [1.29, 1.82) is 0 Å². The predicted octanol–water partition coefficient (Wildman–Crippen LogP) is 7.08. The Balaban J connectivity index is 0.000000251. The molecule has 0 amide bonds. The molecule has 0 N–H and O–H groups in total. The average molecular weight is 498 g/mol. The molecule has 0 aliphatic rings. The van der Waals surface area contributed by atoms with Gasteiger partial charge in [-0.1, -0.05) is 44.0 Å². The van der Waals surface area contributed by atoms with Gasteiger partial charge in [-0.3, -0.25) is 0 Å². The normalized spacial score (nSPS) is 11.6. The fraction of sp³-hybridized carbons (Fsp3) is 0.200. The Labute approximate surface area is 155 Å². The lowest BCUT2D eigenvalue weighted by Crippen LogP contribution is -2.08. The van der Waals surface area contributed by atoms with Crippen LogP contribution in [0.15, 0.2) is 45.3 Å². The van der Waals surface area contributed by atoms with Crippen molar-refractivity contribution in [3.63, 3.8) is 0 Å². The fourth-order valence-electron chi connectivity index (χ4n) is 1.72. The molecule has 25 heavy (non-hydrogen) atoms. The Morgan fingerprint density at radius 1 is 0.760 bits per heavy atom. The van der Waals surface area contributed by atoms with Gasteiger partial charge in [0.1, 0.15) is 22.7 Å². The van der Waals surface area contributed by atoms with Gasteiger partial charge in [-0.05, 0) is 24.3 Å². The zero-order valence-electron chi connectivity index (χ0n) is 12.3. The quantitative estimate of drug-likeness (QED) is 0.382. The summed E-state index contributed by atoms with van der Waals surface area (Å²) in [6, 6.07) is 7.20. The second-order valence-corrected chi connectivity index (χ2v) is 6.12. The Hall–Kier alpha value is -1.29. The molecule has 1 nitrogen and oxygen atoms in total. The number of alkyl halides is 6. The third kappa shape index (κ3) is 5.88. The molecule has 0 atom stereocenters. The van der Waals surface area contributed by atoms with Crippen LogP contribution in [0.4, 0.5) is 30.7 Å². The molecule has 0 saturated heterocycles. The Morgan fingerprint density at radius 3 is 1.52 bits per heavy atom. The van der Waals surface area contributed by atoms with Gasteiger partial charge in [0, 0.05) is 8.95 Å². The largest absolute Gasteiger partial charge is 0.496 e. The van der Waals surface area contributed by atoms with Crippen LogP contribution in [0.25, 0.3) is 0 Å². The van der Waals surface area contributed by atoms with E-state index in [9.17, 15) is 30.7 Å². The molecule has 2 aromatic rings. The summed E-state index contributed by atoms with van der Waals surface area (Å²) in [5.41, 5.74) is -2.04. The number of hydrogen-bond acceptors (Lipinski definition) is 1. The summed E-state index contributed by atoms with van der Waals surface area (Å²) in [7, 11) is 1.21. The van der Waals surface area contributed by atoms with Crippen LogP contribution in [0.1, 0.15) is 11.1 Å². The van der Waals surface area contributed by atoms with Crippen molar-refractivity contribution in [1.82, 2.24) is 0 Å². The van der Waals surface area contributed by atoms with Gasteiger partial charge >= 0.3 is 12.4 Å². The van der Waals surface area contributed by atoms with Crippen LogP contribution in [0.3, 0.4) is 0 Å². The van der Waals surface area contributed by atoms with Crippen LogP contribution in [0.2, 0.25) is 0 Å². The maximum absolute atomic E-state index is 12.6. The molecule has 0 unspecified atom stereocenters. The second-order valence-electron chi connectivity index (χ2n) is 4.41. The van der Waals surface area contributed by atoms with Gasteiger partial charge in [0.15, 0.2) is 0 Å². The molecule has 2 rings (SSSR count). The monoisotopic (exact) mass is 496 g/mol. The van der Waals surface area contributed by atoms with Crippen molar-refractivity contribution in [3.05, 3.63) is 62.3 Å². The van der Waals surface area contributed by atoms with E-state index in [1.807, 2.05) is 0 Å². The van der Waals surface area contributed by atoms with Crippen LogP contribution >= 0.6 is 31.9 Å². The predicted molar refractivity (Wildman–Crippen MR) is 84.8 cm³/mol. The molecule has 0 bridgehead atoms. The van der Waals surface area contributed by atoms with Gasteiger partial charge in [0.05, 0.1) is 7.11 Å². The number of rotatable bonds is 1. The lowest BCUT2D eigenvalue weighted by molar-refractivity contribution is -0.141. The van der Waals surface area contributed by atoms with Crippen molar-refractivity contribution in [2.24, 2.45) is 0 Å². The summed E-state index contributed by atoms with van der Waals surface area (Å²) >= 11 is 5.45. The third-order valence-corrected chi connectivity index (χ3v) is 4.05. The minimum atomic E-state index is -4.65. The number of halogens is 9.